The molecule has 3 aromatic rings. The van der Waals surface area contributed by atoms with Gasteiger partial charge in [0.2, 0.25) is 5.91 Å². The van der Waals surface area contributed by atoms with E-state index in [0.29, 0.717) is 24.2 Å². The summed E-state index contributed by atoms with van der Waals surface area (Å²) in [6.45, 7) is 4.60. The first kappa shape index (κ1) is 18.1. The molecule has 1 aliphatic rings. The first-order valence-corrected chi connectivity index (χ1v) is 9.35. The number of hydrogen-bond acceptors (Lipinski definition) is 4. The number of aryl methyl sites for hydroxylation is 1. The molecule has 2 amide bonds. The molecule has 6 nitrogen and oxygen atoms in total. The first-order chi connectivity index (χ1) is 13.5. The van der Waals surface area contributed by atoms with Crippen LogP contribution in [0.25, 0.3) is 11.0 Å². The smallest absolute Gasteiger partial charge is 0.254 e. The fraction of sp³-hybridized carbons (Fsp3) is 0.273. The van der Waals surface area contributed by atoms with Crippen LogP contribution < -0.4 is 5.32 Å². The normalized spacial score (nSPS) is 19.0. The van der Waals surface area contributed by atoms with Crippen molar-refractivity contribution in [3.8, 4) is 0 Å². The Morgan fingerprint density at radius 2 is 1.71 bits per heavy atom. The number of carbonyl (C=O) groups is 2. The molecular formula is C22H22N4O2. The largest absolute Gasteiger partial charge is 0.351 e. The predicted octanol–water partition coefficient (Wildman–Crippen LogP) is 2.68. The molecule has 1 aliphatic heterocycles. The van der Waals surface area contributed by atoms with Crippen LogP contribution in [-0.4, -0.2) is 45.8 Å². The van der Waals surface area contributed by atoms with Gasteiger partial charge in [0.15, 0.2) is 0 Å². The Hall–Kier alpha value is -3.28. The lowest BCUT2D eigenvalue weighted by Gasteiger charge is -2.19. The predicted molar refractivity (Wildman–Crippen MR) is 107 cm³/mol. The highest BCUT2D eigenvalue weighted by Crippen LogP contribution is 2.29. The van der Waals surface area contributed by atoms with Crippen molar-refractivity contribution in [2.24, 2.45) is 0 Å². The number of amides is 2. The van der Waals surface area contributed by atoms with Crippen LogP contribution in [-0.2, 0) is 4.79 Å². The molecule has 0 radical (unpaired) electrons. The zero-order valence-corrected chi connectivity index (χ0v) is 15.9. The van der Waals surface area contributed by atoms with E-state index >= 15 is 0 Å². The average Bonchev–Trinajstić information content (AvgIpc) is 3.10. The second-order valence-electron chi connectivity index (χ2n) is 7.29. The molecule has 0 unspecified atom stereocenters. The lowest BCUT2D eigenvalue weighted by atomic mass is 9.93. The average molecular weight is 374 g/mol. The van der Waals surface area contributed by atoms with Crippen molar-refractivity contribution < 1.29 is 9.59 Å². The molecule has 2 atom stereocenters. The number of benzene rings is 2. The van der Waals surface area contributed by atoms with Gasteiger partial charge in [0.1, 0.15) is 0 Å². The van der Waals surface area contributed by atoms with Gasteiger partial charge >= 0.3 is 0 Å². The van der Waals surface area contributed by atoms with Crippen molar-refractivity contribution in [2.75, 3.05) is 13.1 Å². The van der Waals surface area contributed by atoms with Crippen molar-refractivity contribution in [2.45, 2.75) is 25.8 Å². The minimum Gasteiger partial charge on any atom is -0.351 e. The minimum atomic E-state index is -0.107. The number of aromatic nitrogens is 2. The van der Waals surface area contributed by atoms with E-state index in [-0.39, 0.29) is 23.8 Å². The Morgan fingerprint density at radius 3 is 2.43 bits per heavy atom. The molecule has 6 heteroatoms. The number of fused-ring (bicyclic) bond motifs is 1. The Labute approximate surface area is 163 Å². The third-order valence-electron chi connectivity index (χ3n) is 5.22. The fourth-order valence-corrected chi connectivity index (χ4v) is 3.81. The minimum absolute atomic E-state index is 0.0579. The van der Waals surface area contributed by atoms with Gasteiger partial charge in [0.05, 0.1) is 17.1 Å². The second kappa shape index (κ2) is 7.38. The quantitative estimate of drug-likeness (QED) is 0.765. The molecule has 0 saturated carbocycles. The lowest BCUT2D eigenvalue weighted by Crippen LogP contribution is -2.39. The van der Waals surface area contributed by atoms with Gasteiger partial charge in [-0.25, -0.2) is 0 Å². The standard InChI is InChI=1S/C22H22N4O2/c1-14-3-5-16(6-4-14)18-12-26(13-21(18)25-15(2)27)22(28)17-7-8-19-20(11-17)24-10-9-23-19/h3-11,18,21H,12-13H2,1-2H3,(H,25,27)/t18-,21+/m1/s1. The van der Waals surface area contributed by atoms with Crippen molar-refractivity contribution >= 4 is 22.8 Å². The van der Waals surface area contributed by atoms with Crippen LogP contribution in [0.3, 0.4) is 0 Å². The SMILES string of the molecule is CC(=O)N[C@H]1CN(C(=O)c2ccc3nccnc3c2)C[C@@H]1c1ccc(C)cc1. The van der Waals surface area contributed by atoms with Gasteiger partial charge < -0.3 is 10.2 Å². The summed E-state index contributed by atoms with van der Waals surface area (Å²) in [5.74, 6) is -0.0800. The van der Waals surface area contributed by atoms with Crippen LogP contribution in [0.2, 0.25) is 0 Å². The van der Waals surface area contributed by atoms with Crippen molar-refractivity contribution in [1.82, 2.24) is 20.2 Å². The molecule has 1 aromatic heterocycles. The molecule has 0 bridgehead atoms. The zero-order valence-electron chi connectivity index (χ0n) is 15.9. The summed E-state index contributed by atoms with van der Waals surface area (Å²) in [7, 11) is 0. The van der Waals surface area contributed by atoms with Crippen molar-refractivity contribution in [3.63, 3.8) is 0 Å². The second-order valence-corrected chi connectivity index (χ2v) is 7.29. The first-order valence-electron chi connectivity index (χ1n) is 9.35. The van der Waals surface area contributed by atoms with Crippen LogP contribution in [0.1, 0.15) is 34.3 Å². The fourth-order valence-electron chi connectivity index (χ4n) is 3.81. The monoisotopic (exact) mass is 374 g/mol. The number of nitrogens with zero attached hydrogens (tertiary/aromatic N) is 3. The van der Waals surface area contributed by atoms with Gasteiger partial charge in [0, 0.05) is 43.9 Å². The van der Waals surface area contributed by atoms with Crippen LogP contribution in [0.15, 0.2) is 54.9 Å². The van der Waals surface area contributed by atoms with Crippen molar-refractivity contribution in [3.05, 3.63) is 71.5 Å². The summed E-state index contributed by atoms with van der Waals surface area (Å²) < 4.78 is 0. The zero-order chi connectivity index (χ0) is 19.7. The van der Waals surface area contributed by atoms with E-state index < -0.39 is 0 Å². The van der Waals surface area contributed by atoms with Gasteiger partial charge in [-0.1, -0.05) is 29.8 Å². The summed E-state index contributed by atoms with van der Waals surface area (Å²) in [5.41, 5.74) is 4.35. The molecule has 1 saturated heterocycles. The Balaban J connectivity index is 1.60. The third-order valence-corrected chi connectivity index (χ3v) is 5.22. The summed E-state index contributed by atoms with van der Waals surface area (Å²) in [4.78, 5) is 35.2. The summed E-state index contributed by atoms with van der Waals surface area (Å²) in [6, 6.07) is 13.5. The number of likely N-dealkylation sites (tertiary alicyclic amines) is 1. The maximum absolute atomic E-state index is 13.1. The molecule has 142 valence electrons. The van der Waals surface area contributed by atoms with Crippen LogP contribution in [0.5, 0.6) is 0 Å². The van der Waals surface area contributed by atoms with E-state index in [0.717, 1.165) is 11.1 Å². The number of carbonyl (C=O) groups excluding carboxylic acids is 2. The Kier molecular flexibility index (Phi) is 4.77. The molecule has 4 rings (SSSR count). The topological polar surface area (TPSA) is 75.2 Å². The van der Waals surface area contributed by atoms with Gasteiger partial charge in [0.25, 0.3) is 5.91 Å². The summed E-state index contributed by atoms with van der Waals surface area (Å²) >= 11 is 0. The molecule has 28 heavy (non-hydrogen) atoms. The highest BCUT2D eigenvalue weighted by atomic mass is 16.2. The van der Waals surface area contributed by atoms with Gasteiger partial charge in [-0.2, -0.15) is 0 Å². The molecule has 1 fully saturated rings. The number of rotatable bonds is 3. The molecule has 0 aliphatic carbocycles. The van der Waals surface area contributed by atoms with Gasteiger partial charge in [-0.15, -0.1) is 0 Å². The summed E-state index contributed by atoms with van der Waals surface area (Å²) in [5, 5.41) is 3.02. The molecule has 2 heterocycles. The maximum Gasteiger partial charge on any atom is 0.254 e. The maximum atomic E-state index is 13.1. The van der Waals surface area contributed by atoms with Crippen LogP contribution in [0.4, 0.5) is 0 Å². The van der Waals surface area contributed by atoms with E-state index in [9.17, 15) is 9.59 Å². The van der Waals surface area contributed by atoms with E-state index in [4.69, 9.17) is 0 Å². The highest BCUT2D eigenvalue weighted by molar-refractivity contribution is 5.97. The van der Waals surface area contributed by atoms with E-state index in [1.54, 1.807) is 24.5 Å². The summed E-state index contributed by atoms with van der Waals surface area (Å²) in [6.07, 6.45) is 3.25. The molecule has 0 spiro atoms. The molecular weight excluding hydrogens is 352 g/mol. The number of nitrogens with one attached hydrogen (secondary N) is 1. The van der Waals surface area contributed by atoms with E-state index in [2.05, 4.69) is 39.6 Å². The van der Waals surface area contributed by atoms with Gasteiger partial charge in [-0.3, -0.25) is 19.6 Å². The van der Waals surface area contributed by atoms with Crippen molar-refractivity contribution in [1.29, 1.82) is 0 Å². The van der Waals surface area contributed by atoms with Crippen LogP contribution in [0, 0.1) is 6.92 Å². The Bertz CT molecular complexity index is 1030. The Morgan fingerprint density at radius 1 is 1.00 bits per heavy atom. The highest BCUT2D eigenvalue weighted by Gasteiger charge is 2.37. The lowest BCUT2D eigenvalue weighted by molar-refractivity contribution is -0.119. The number of hydrogen-bond donors (Lipinski definition) is 1. The molecule has 1 N–H and O–H groups in total. The van der Waals surface area contributed by atoms with Gasteiger partial charge in [-0.05, 0) is 30.7 Å². The van der Waals surface area contributed by atoms with E-state index in [1.165, 1.54) is 12.5 Å². The molecule has 2 aromatic carbocycles. The van der Waals surface area contributed by atoms with Crippen LogP contribution >= 0.6 is 0 Å². The van der Waals surface area contributed by atoms with E-state index in [1.807, 2.05) is 17.9 Å². The third kappa shape index (κ3) is 3.58.